The average Bonchev–Trinajstić information content (AvgIpc) is 2.31. The minimum atomic E-state index is -0.280. The Balaban J connectivity index is 2.45. The molecule has 0 aliphatic rings. The molecule has 1 rings (SSSR count). The summed E-state index contributed by atoms with van der Waals surface area (Å²) < 4.78 is 0. The molecule has 0 fully saturated rings. The molecule has 1 heterocycles. The fourth-order valence-electron chi connectivity index (χ4n) is 0.941. The molecule has 1 N–H and O–H groups in total. The number of hydrogen-bond acceptors (Lipinski definition) is 1. The second-order valence-electron chi connectivity index (χ2n) is 2.52. The van der Waals surface area contributed by atoms with Crippen LogP contribution in [0.25, 0.3) is 0 Å². The minimum Gasteiger partial charge on any atom is -0.362 e. The van der Waals surface area contributed by atoms with Gasteiger partial charge in [0.05, 0.1) is 0 Å². The molecule has 0 bridgehead atoms. The lowest BCUT2D eigenvalue weighted by atomic mass is 10.2. The first-order valence-corrected chi connectivity index (χ1v) is 3.89. The van der Waals surface area contributed by atoms with Crippen molar-refractivity contribution in [2.75, 3.05) is 0 Å². The molecule has 0 spiro atoms. The standard InChI is InChI=1S/C8H10ClNO/c1-6-2-3-7(10-6)4-5-8(9)11/h2-3,10H,4-5H2,1H3. The smallest absolute Gasteiger partial charge is 0.222 e. The number of H-pyrrole nitrogens is 1. The highest BCUT2D eigenvalue weighted by Crippen LogP contribution is 2.04. The van der Waals surface area contributed by atoms with Gasteiger partial charge in [0.25, 0.3) is 0 Å². The number of aromatic amines is 1. The normalized spacial score (nSPS) is 10.0. The summed E-state index contributed by atoms with van der Waals surface area (Å²) in [5, 5.41) is -0.280. The van der Waals surface area contributed by atoms with E-state index in [0.29, 0.717) is 12.8 Å². The second-order valence-corrected chi connectivity index (χ2v) is 2.94. The van der Waals surface area contributed by atoms with Crippen LogP contribution in [0.15, 0.2) is 12.1 Å². The van der Waals surface area contributed by atoms with Crippen LogP contribution >= 0.6 is 11.6 Å². The molecular formula is C8H10ClNO. The van der Waals surface area contributed by atoms with Crippen LogP contribution in [-0.2, 0) is 11.2 Å². The predicted molar refractivity (Wildman–Crippen MR) is 44.7 cm³/mol. The second kappa shape index (κ2) is 3.58. The Kier molecular flexibility index (Phi) is 2.71. The van der Waals surface area contributed by atoms with Crippen molar-refractivity contribution in [3.05, 3.63) is 23.5 Å². The van der Waals surface area contributed by atoms with Gasteiger partial charge < -0.3 is 4.98 Å². The number of rotatable bonds is 3. The fraction of sp³-hybridized carbons (Fsp3) is 0.375. The van der Waals surface area contributed by atoms with Gasteiger partial charge in [0.2, 0.25) is 5.24 Å². The molecule has 0 saturated heterocycles. The maximum absolute atomic E-state index is 10.4. The van der Waals surface area contributed by atoms with Crippen molar-refractivity contribution in [3.8, 4) is 0 Å². The van der Waals surface area contributed by atoms with E-state index in [1.165, 1.54) is 0 Å². The van der Waals surface area contributed by atoms with Gasteiger partial charge in [-0.25, -0.2) is 0 Å². The number of halogens is 1. The number of hydrogen-bond donors (Lipinski definition) is 1. The molecule has 0 radical (unpaired) electrons. The highest BCUT2D eigenvalue weighted by atomic mass is 35.5. The molecule has 60 valence electrons. The molecule has 0 aliphatic heterocycles. The molecule has 0 saturated carbocycles. The van der Waals surface area contributed by atoms with E-state index in [0.717, 1.165) is 11.4 Å². The van der Waals surface area contributed by atoms with Gasteiger partial charge in [0, 0.05) is 17.8 Å². The van der Waals surface area contributed by atoms with Gasteiger partial charge in [-0.15, -0.1) is 0 Å². The van der Waals surface area contributed by atoms with Crippen LogP contribution in [0.5, 0.6) is 0 Å². The predicted octanol–water partition coefficient (Wildman–Crippen LogP) is 2.02. The monoisotopic (exact) mass is 171 g/mol. The largest absolute Gasteiger partial charge is 0.362 e. The molecule has 3 heteroatoms. The Morgan fingerprint density at radius 1 is 1.64 bits per heavy atom. The SMILES string of the molecule is Cc1ccc(CCC(=O)Cl)[nH]1. The first kappa shape index (κ1) is 8.34. The van der Waals surface area contributed by atoms with Crippen LogP contribution in [0, 0.1) is 6.92 Å². The Morgan fingerprint density at radius 3 is 2.82 bits per heavy atom. The summed E-state index contributed by atoms with van der Waals surface area (Å²) in [6, 6.07) is 3.95. The van der Waals surface area contributed by atoms with Gasteiger partial charge in [-0.2, -0.15) is 0 Å². The van der Waals surface area contributed by atoms with E-state index >= 15 is 0 Å². The first-order valence-electron chi connectivity index (χ1n) is 3.51. The minimum absolute atomic E-state index is 0.280. The van der Waals surface area contributed by atoms with Gasteiger partial charge >= 0.3 is 0 Å². The number of nitrogens with one attached hydrogen (secondary N) is 1. The number of carbonyl (C=O) groups excluding carboxylic acids is 1. The number of carbonyl (C=O) groups is 1. The highest BCUT2D eigenvalue weighted by Gasteiger charge is 1.98. The summed E-state index contributed by atoms with van der Waals surface area (Å²) in [6.07, 6.45) is 1.11. The molecule has 2 nitrogen and oxygen atoms in total. The lowest BCUT2D eigenvalue weighted by molar-refractivity contribution is -0.111. The fourth-order valence-corrected chi connectivity index (χ4v) is 1.04. The third-order valence-electron chi connectivity index (χ3n) is 1.48. The summed E-state index contributed by atoms with van der Waals surface area (Å²) in [4.78, 5) is 13.5. The lowest BCUT2D eigenvalue weighted by Crippen LogP contribution is -1.91. The molecule has 0 aromatic carbocycles. The zero-order valence-electron chi connectivity index (χ0n) is 6.36. The van der Waals surface area contributed by atoms with Crippen LogP contribution < -0.4 is 0 Å². The van der Waals surface area contributed by atoms with Gasteiger partial charge in [-0.3, -0.25) is 4.79 Å². The highest BCUT2D eigenvalue weighted by molar-refractivity contribution is 6.63. The Morgan fingerprint density at radius 2 is 2.36 bits per heavy atom. The van der Waals surface area contributed by atoms with E-state index in [9.17, 15) is 4.79 Å². The summed E-state index contributed by atoms with van der Waals surface area (Å²) in [5.74, 6) is 0. The maximum atomic E-state index is 10.4. The zero-order chi connectivity index (χ0) is 8.27. The maximum Gasteiger partial charge on any atom is 0.222 e. The van der Waals surface area contributed by atoms with Gasteiger partial charge in [-0.1, -0.05) is 0 Å². The topological polar surface area (TPSA) is 32.9 Å². The van der Waals surface area contributed by atoms with Gasteiger partial charge in [0.1, 0.15) is 0 Å². The van der Waals surface area contributed by atoms with E-state index in [1.54, 1.807) is 0 Å². The summed E-state index contributed by atoms with van der Waals surface area (Å²) >= 11 is 5.18. The number of aromatic nitrogens is 1. The van der Waals surface area contributed by atoms with E-state index in [1.807, 2.05) is 19.1 Å². The average molecular weight is 172 g/mol. The molecule has 0 amide bonds. The van der Waals surface area contributed by atoms with Crippen LogP contribution in [0.4, 0.5) is 0 Å². The summed E-state index contributed by atoms with van der Waals surface area (Å²) in [7, 11) is 0. The molecule has 1 aromatic heterocycles. The third-order valence-corrected chi connectivity index (χ3v) is 1.67. The quantitative estimate of drug-likeness (QED) is 0.694. The molecule has 1 aromatic rings. The zero-order valence-corrected chi connectivity index (χ0v) is 7.11. The summed E-state index contributed by atoms with van der Waals surface area (Å²) in [5.41, 5.74) is 2.18. The van der Waals surface area contributed by atoms with E-state index in [-0.39, 0.29) is 5.24 Å². The molecular weight excluding hydrogens is 162 g/mol. The van der Waals surface area contributed by atoms with Crippen LogP contribution in [-0.4, -0.2) is 10.2 Å². The van der Waals surface area contributed by atoms with E-state index < -0.39 is 0 Å². The van der Waals surface area contributed by atoms with Gasteiger partial charge in [-0.05, 0) is 37.1 Å². The Hall–Kier alpha value is -0.760. The van der Waals surface area contributed by atoms with Gasteiger partial charge in [0.15, 0.2) is 0 Å². The Bertz CT molecular complexity index is 254. The van der Waals surface area contributed by atoms with Crippen molar-refractivity contribution >= 4 is 16.8 Å². The molecule has 0 unspecified atom stereocenters. The first-order chi connectivity index (χ1) is 5.18. The van der Waals surface area contributed by atoms with Crippen LogP contribution in [0.3, 0.4) is 0 Å². The third kappa shape index (κ3) is 2.76. The number of aryl methyl sites for hydroxylation is 2. The van der Waals surface area contributed by atoms with Crippen molar-refractivity contribution in [1.82, 2.24) is 4.98 Å². The van der Waals surface area contributed by atoms with E-state index in [4.69, 9.17) is 11.6 Å². The van der Waals surface area contributed by atoms with Crippen molar-refractivity contribution in [3.63, 3.8) is 0 Å². The van der Waals surface area contributed by atoms with E-state index in [2.05, 4.69) is 4.98 Å². The molecule has 11 heavy (non-hydrogen) atoms. The van der Waals surface area contributed by atoms with Crippen LogP contribution in [0.1, 0.15) is 17.8 Å². The van der Waals surface area contributed by atoms with Crippen LogP contribution in [0.2, 0.25) is 0 Å². The lowest BCUT2D eigenvalue weighted by Gasteiger charge is -1.91. The summed E-state index contributed by atoms with van der Waals surface area (Å²) in [6.45, 7) is 1.98. The van der Waals surface area contributed by atoms with Crippen molar-refractivity contribution in [2.24, 2.45) is 0 Å². The molecule has 0 atom stereocenters. The van der Waals surface area contributed by atoms with Crippen molar-refractivity contribution in [2.45, 2.75) is 19.8 Å². The Labute approximate surface area is 70.6 Å². The molecule has 0 aliphatic carbocycles. The van der Waals surface area contributed by atoms with Crippen molar-refractivity contribution in [1.29, 1.82) is 0 Å². The van der Waals surface area contributed by atoms with Crippen molar-refractivity contribution < 1.29 is 4.79 Å².